The highest BCUT2D eigenvalue weighted by atomic mass is 16.5. The van der Waals surface area contributed by atoms with Gasteiger partial charge < -0.3 is 10.1 Å². The second-order valence-electron chi connectivity index (χ2n) is 4.94. The third-order valence-corrected chi connectivity index (χ3v) is 3.67. The Morgan fingerprint density at radius 2 is 2.32 bits per heavy atom. The maximum atomic E-state index is 5.76. The molecular weight excluding hydrogens is 240 g/mol. The summed E-state index contributed by atoms with van der Waals surface area (Å²) < 4.78 is 7.49. The number of ether oxygens (including phenoxy) is 1. The molecule has 19 heavy (non-hydrogen) atoms. The lowest BCUT2D eigenvalue weighted by Gasteiger charge is -2.21. The topological polar surface area (TPSA) is 52.0 Å². The van der Waals surface area contributed by atoms with Crippen LogP contribution < -0.4 is 10.1 Å². The van der Waals surface area contributed by atoms with Gasteiger partial charge in [-0.1, -0.05) is 23.4 Å². The monoisotopic (exact) mass is 258 g/mol. The second-order valence-corrected chi connectivity index (χ2v) is 4.94. The molecule has 0 saturated heterocycles. The van der Waals surface area contributed by atoms with Gasteiger partial charge in [0.15, 0.2) is 0 Å². The molecule has 0 bridgehead atoms. The van der Waals surface area contributed by atoms with Crippen molar-refractivity contribution < 1.29 is 4.74 Å². The van der Waals surface area contributed by atoms with Crippen molar-refractivity contribution in [3.8, 4) is 5.75 Å². The Morgan fingerprint density at radius 3 is 3.05 bits per heavy atom. The van der Waals surface area contributed by atoms with Crippen molar-refractivity contribution in [2.24, 2.45) is 7.05 Å². The number of benzene rings is 1. The number of hydrogen-bond donors (Lipinski definition) is 1. The van der Waals surface area contributed by atoms with E-state index in [1.807, 2.05) is 32.4 Å². The van der Waals surface area contributed by atoms with Crippen molar-refractivity contribution in [3.05, 3.63) is 41.7 Å². The Hall–Kier alpha value is -1.88. The summed E-state index contributed by atoms with van der Waals surface area (Å²) >= 11 is 0. The molecule has 2 aromatic rings. The molecule has 2 unspecified atom stereocenters. The Labute approximate surface area is 112 Å². The van der Waals surface area contributed by atoms with Gasteiger partial charge in [-0.15, -0.1) is 5.10 Å². The molecule has 0 radical (unpaired) electrons. The van der Waals surface area contributed by atoms with Gasteiger partial charge in [-0.25, -0.2) is 0 Å². The van der Waals surface area contributed by atoms with E-state index in [4.69, 9.17) is 4.74 Å². The van der Waals surface area contributed by atoms with Crippen molar-refractivity contribution in [2.45, 2.75) is 18.4 Å². The van der Waals surface area contributed by atoms with Gasteiger partial charge in [-0.05, 0) is 13.1 Å². The van der Waals surface area contributed by atoms with E-state index >= 15 is 0 Å². The molecule has 0 amide bonds. The van der Waals surface area contributed by atoms with Gasteiger partial charge in [0.05, 0.1) is 12.3 Å². The Balaban J connectivity index is 1.80. The van der Waals surface area contributed by atoms with Gasteiger partial charge in [-0.2, -0.15) is 0 Å². The first-order chi connectivity index (χ1) is 9.28. The van der Waals surface area contributed by atoms with Crippen molar-refractivity contribution in [1.82, 2.24) is 20.3 Å². The first-order valence-electron chi connectivity index (χ1n) is 6.52. The van der Waals surface area contributed by atoms with Gasteiger partial charge >= 0.3 is 0 Å². The summed E-state index contributed by atoms with van der Waals surface area (Å²) in [6, 6.07) is 8.56. The highest BCUT2D eigenvalue weighted by molar-refractivity contribution is 5.40. The predicted octanol–water partition coefficient (Wildman–Crippen LogP) is 1.12. The van der Waals surface area contributed by atoms with E-state index in [0.29, 0.717) is 12.0 Å². The van der Waals surface area contributed by atoms with Gasteiger partial charge in [0.2, 0.25) is 0 Å². The van der Waals surface area contributed by atoms with E-state index in [0.717, 1.165) is 24.5 Å². The maximum Gasteiger partial charge on any atom is 0.122 e. The Morgan fingerprint density at radius 1 is 1.47 bits per heavy atom. The van der Waals surface area contributed by atoms with Crippen LogP contribution in [0.3, 0.4) is 0 Å². The Kier molecular flexibility index (Phi) is 3.21. The first-order valence-corrected chi connectivity index (χ1v) is 6.52. The molecular formula is C14H18N4O. The van der Waals surface area contributed by atoms with Gasteiger partial charge in [-0.3, -0.25) is 4.68 Å². The number of likely N-dealkylation sites (N-methyl/N-ethyl adjacent to an activating group) is 1. The average molecular weight is 258 g/mol. The molecule has 0 aliphatic carbocycles. The largest absolute Gasteiger partial charge is 0.493 e. The number of fused-ring (bicyclic) bond motifs is 1. The second kappa shape index (κ2) is 5.01. The van der Waals surface area contributed by atoms with Crippen LogP contribution in [0.4, 0.5) is 0 Å². The lowest BCUT2D eigenvalue weighted by Crippen LogP contribution is -2.35. The number of rotatable bonds is 4. The van der Waals surface area contributed by atoms with E-state index in [9.17, 15) is 0 Å². The molecule has 2 atom stereocenters. The van der Waals surface area contributed by atoms with Crippen LogP contribution in [0.15, 0.2) is 30.5 Å². The van der Waals surface area contributed by atoms with Crippen LogP contribution in [-0.2, 0) is 13.5 Å². The molecule has 100 valence electrons. The molecule has 1 aromatic carbocycles. The number of nitrogens with one attached hydrogen (secondary N) is 1. The van der Waals surface area contributed by atoms with Crippen molar-refractivity contribution >= 4 is 0 Å². The van der Waals surface area contributed by atoms with Crippen LogP contribution in [0.1, 0.15) is 17.2 Å². The predicted molar refractivity (Wildman–Crippen MR) is 72.2 cm³/mol. The number of aryl methyl sites for hydroxylation is 1. The summed E-state index contributed by atoms with van der Waals surface area (Å²) in [5, 5.41) is 11.5. The molecule has 1 N–H and O–H groups in total. The van der Waals surface area contributed by atoms with Crippen molar-refractivity contribution in [2.75, 3.05) is 13.7 Å². The molecule has 0 fully saturated rings. The fourth-order valence-corrected chi connectivity index (χ4v) is 2.68. The molecule has 1 aromatic heterocycles. The lowest BCUT2D eigenvalue weighted by molar-refractivity contribution is 0.301. The third kappa shape index (κ3) is 2.33. The summed E-state index contributed by atoms with van der Waals surface area (Å²) in [6.07, 6.45) is 2.82. The minimum absolute atomic E-state index is 0.306. The van der Waals surface area contributed by atoms with Crippen LogP contribution in [0.5, 0.6) is 5.75 Å². The summed E-state index contributed by atoms with van der Waals surface area (Å²) in [5.74, 6) is 1.37. The Bertz CT molecular complexity index is 566. The van der Waals surface area contributed by atoms with E-state index in [2.05, 4.69) is 27.8 Å². The summed E-state index contributed by atoms with van der Waals surface area (Å²) in [5.41, 5.74) is 2.29. The zero-order valence-corrected chi connectivity index (χ0v) is 11.2. The van der Waals surface area contributed by atoms with Gasteiger partial charge in [0.25, 0.3) is 0 Å². The number of nitrogens with zero attached hydrogens (tertiary/aromatic N) is 3. The van der Waals surface area contributed by atoms with E-state index in [-0.39, 0.29) is 0 Å². The highest BCUT2D eigenvalue weighted by Crippen LogP contribution is 2.36. The number of para-hydroxylation sites is 1. The minimum Gasteiger partial charge on any atom is -0.493 e. The molecule has 1 aliphatic rings. The summed E-state index contributed by atoms with van der Waals surface area (Å²) in [7, 11) is 3.88. The van der Waals surface area contributed by atoms with Crippen LogP contribution >= 0.6 is 0 Å². The van der Waals surface area contributed by atoms with Crippen LogP contribution in [0.2, 0.25) is 0 Å². The molecule has 5 heteroatoms. The number of aromatic nitrogens is 3. The van der Waals surface area contributed by atoms with Crippen LogP contribution in [0, 0.1) is 0 Å². The molecule has 5 nitrogen and oxygen atoms in total. The number of hydrogen-bond acceptors (Lipinski definition) is 4. The first kappa shape index (κ1) is 12.2. The van der Waals surface area contributed by atoms with Crippen LogP contribution in [0.25, 0.3) is 0 Å². The van der Waals surface area contributed by atoms with Crippen molar-refractivity contribution in [3.63, 3.8) is 0 Å². The average Bonchev–Trinajstić information content (AvgIpc) is 3.02. The lowest BCUT2D eigenvalue weighted by atomic mass is 9.90. The van der Waals surface area contributed by atoms with E-state index in [1.54, 1.807) is 4.68 Å². The fourth-order valence-electron chi connectivity index (χ4n) is 2.68. The molecule has 0 saturated carbocycles. The SMILES string of the molecule is CNC(Cc1cn(C)nn1)C1COc2ccccc21. The summed E-state index contributed by atoms with van der Waals surface area (Å²) in [4.78, 5) is 0. The van der Waals surface area contributed by atoms with Gasteiger partial charge in [0.1, 0.15) is 5.75 Å². The zero-order valence-electron chi connectivity index (χ0n) is 11.2. The highest BCUT2D eigenvalue weighted by Gasteiger charge is 2.30. The third-order valence-electron chi connectivity index (χ3n) is 3.67. The molecule has 2 heterocycles. The quantitative estimate of drug-likeness (QED) is 0.893. The molecule has 3 rings (SSSR count). The standard InChI is InChI=1S/C14H18N4O/c1-15-13(7-10-8-18(2)17-16-10)12-9-19-14-6-4-3-5-11(12)14/h3-6,8,12-13,15H,7,9H2,1-2H3. The maximum absolute atomic E-state index is 5.76. The normalized spacial score (nSPS) is 18.9. The van der Waals surface area contributed by atoms with Gasteiger partial charge in [0, 0.05) is 37.2 Å². The zero-order chi connectivity index (χ0) is 13.2. The van der Waals surface area contributed by atoms with E-state index in [1.165, 1.54) is 5.56 Å². The summed E-state index contributed by atoms with van der Waals surface area (Å²) in [6.45, 7) is 0.727. The smallest absolute Gasteiger partial charge is 0.122 e. The van der Waals surface area contributed by atoms with Crippen LogP contribution in [-0.4, -0.2) is 34.7 Å². The minimum atomic E-state index is 0.306. The molecule has 0 spiro atoms. The fraction of sp³-hybridized carbons (Fsp3) is 0.429. The molecule has 1 aliphatic heterocycles. The van der Waals surface area contributed by atoms with Crippen molar-refractivity contribution in [1.29, 1.82) is 0 Å². The van der Waals surface area contributed by atoms with E-state index < -0.39 is 0 Å².